The summed E-state index contributed by atoms with van der Waals surface area (Å²) >= 11 is 0. The fourth-order valence-electron chi connectivity index (χ4n) is 1.41. The molecule has 0 bridgehead atoms. The molecule has 0 radical (unpaired) electrons. The van der Waals surface area contributed by atoms with Crippen molar-refractivity contribution >= 4 is 0 Å². The average molecular weight is 232 g/mol. The Morgan fingerprint density at radius 3 is 2.71 bits per heavy atom. The molecule has 2 rings (SSSR count). The summed E-state index contributed by atoms with van der Waals surface area (Å²) in [6.07, 6.45) is 3.33. The SMILES string of the molecule is CN(C)CCOc1cccc(-n2cnnc2)c1. The molecule has 5 nitrogen and oxygen atoms in total. The van der Waals surface area contributed by atoms with Crippen LogP contribution in [0.1, 0.15) is 0 Å². The Morgan fingerprint density at radius 1 is 1.24 bits per heavy atom. The monoisotopic (exact) mass is 232 g/mol. The molecule has 0 aliphatic rings. The van der Waals surface area contributed by atoms with E-state index in [-0.39, 0.29) is 0 Å². The summed E-state index contributed by atoms with van der Waals surface area (Å²) in [6, 6.07) is 7.87. The van der Waals surface area contributed by atoms with Crippen molar-refractivity contribution in [2.45, 2.75) is 0 Å². The number of rotatable bonds is 5. The van der Waals surface area contributed by atoms with Crippen LogP contribution in [0.4, 0.5) is 0 Å². The first kappa shape index (κ1) is 11.6. The van der Waals surface area contributed by atoms with Gasteiger partial charge in [-0.3, -0.25) is 4.57 Å². The smallest absolute Gasteiger partial charge is 0.123 e. The highest BCUT2D eigenvalue weighted by molar-refractivity contribution is 5.38. The average Bonchev–Trinajstić information content (AvgIpc) is 2.82. The van der Waals surface area contributed by atoms with Gasteiger partial charge in [-0.25, -0.2) is 0 Å². The highest BCUT2D eigenvalue weighted by Gasteiger charge is 1.99. The van der Waals surface area contributed by atoms with Gasteiger partial charge in [0.1, 0.15) is 25.0 Å². The van der Waals surface area contributed by atoms with Gasteiger partial charge in [0.15, 0.2) is 0 Å². The zero-order chi connectivity index (χ0) is 12.1. The third kappa shape index (κ3) is 3.29. The van der Waals surface area contributed by atoms with Crippen molar-refractivity contribution in [1.29, 1.82) is 0 Å². The first-order valence-electron chi connectivity index (χ1n) is 5.48. The zero-order valence-electron chi connectivity index (χ0n) is 10.1. The van der Waals surface area contributed by atoms with Gasteiger partial charge >= 0.3 is 0 Å². The fourth-order valence-corrected chi connectivity index (χ4v) is 1.41. The van der Waals surface area contributed by atoms with Gasteiger partial charge in [0, 0.05) is 12.6 Å². The van der Waals surface area contributed by atoms with Crippen LogP contribution in [0.5, 0.6) is 5.75 Å². The van der Waals surface area contributed by atoms with Crippen LogP contribution in [0.3, 0.4) is 0 Å². The van der Waals surface area contributed by atoms with Crippen molar-refractivity contribution in [2.75, 3.05) is 27.2 Å². The summed E-state index contributed by atoms with van der Waals surface area (Å²) in [5.74, 6) is 0.859. The summed E-state index contributed by atoms with van der Waals surface area (Å²) in [5, 5.41) is 7.56. The topological polar surface area (TPSA) is 43.2 Å². The Morgan fingerprint density at radius 2 is 2.00 bits per heavy atom. The summed E-state index contributed by atoms with van der Waals surface area (Å²) in [7, 11) is 4.05. The fraction of sp³-hybridized carbons (Fsp3) is 0.333. The van der Waals surface area contributed by atoms with Crippen LogP contribution in [-0.4, -0.2) is 46.9 Å². The molecule has 0 amide bonds. The van der Waals surface area contributed by atoms with E-state index in [0.29, 0.717) is 6.61 Å². The van der Waals surface area contributed by atoms with E-state index >= 15 is 0 Å². The van der Waals surface area contributed by atoms with E-state index in [0.717, 1.165) is 18.0 Å². The number of aromatic nitrogens is 3. The molecule has 0 N–H and O–H groups in total. The van der Waals surface area contributed by atoms with E-state index in [1.165, 1.54) is 0 Å². The van der Waals surface area contributed by atoms with E-state index in [2.05, 4.69) is 15.1 Å². The predicted molar refractivity (Wildman–Crippen MR) is 65.4 cm³/mol. The molecule has 0 saturated carbocycles. The van der Waals surface area contributed by atoms with Crippen LogP contribution < -0.4 is 4.74 Å². The van der Waals surface area contributed by atoms with Crippen LogP contribution in [0, 0.1) is 0 Å². The lowest BCUT2D eigenvalue weighted by atomic mass is 10.3. The van der Waals surface area contributed by atoms with Gasteiger partial charge in [-0.15, -0.1) is 10.2 Å². The highest BCUT2D eigenvalue weighted by atomic mass is 16.5. The maximum absolute atomic E-state index is 5.66. The molecular formula is C12H16N4O. The molecule has 0 aliphatic carbocycles. The predicted octanol–water partition coefficient (Wildman–Crippen LogP) is 1.21. The zero-order valence-corrected chi connectivity index (χ0v) is 10.1. The minimum absolute atomic E-state index is 0.679. The maximum Gasteiger partial charge on any atom is 0.123 e. The van der Waals surface area contributed by atoms with Crippen LogP contribution in [0.25, 0.3) is 5.69 Å². The maximum atomic E-state index is 5.66. The molecule has 0 spiro atoms. The third-order valence-corrected chi connectivity index (χ3v) is 2.34. The second-order valence-electron chi connectivity index (χ2n) is 4.02. The van der Waals surface area contributed by atoms with Gasteiger partial charge in [-0.1, -0.05) is 6.07 Å². The van der Waals surface area contributed by atoms with Gasteiger partial charge in [0.2, 0.25) is 0 Å². The molecule has 0 saturated heterocycles. The van der Waals surface area contributed by atoms with Crippen molar-refractivity contribution in [1.82, 2.24) is 19.7 Å². The van der Waals surface area contributed by atoms with Crippen LogP contribution in [-0.2, 0) is 0 Å². The summed E-state index contributed by atoms with van der Waals surface area (Å²) in [4.78, 5) is 2.09. The second-order valence-corrected chi connectivity index (χ2v) is 4.02. The minimum atomic E-state index is 0.679. The first-order valence-corrected chi connectivity index (χ1v) is 5.48. The lowest BCUT2D eigenvalue weighted by molar-refractivity contribution is 0.261. The molecule has 0 fully saturated rings. The molecule has 2 aromatic rings. The number of nitrogens with zero attached hydrogens (tertiary/aromatic N) is 4. The van der Waals surface area contributed by atoms with E-state index in [1.54, 1.807) is 12.7 Å². The second kappa shape index (κ2) is 5.45. The molecule has 0 aliphatic heterocycles. The molecule has 17 heavy (non-hydrogen) atoms. The molecule has 0 unspecified atom stereocenters. The van der Waals surface area contributed by atoms with Crippen LogP contribution in [0.2, 0.25) is 0 Å². The number of hydrogen-bond acceptors (Lipinski definition) is 4. The van der Waals surface area contributed by atoms with Gasteiger partial charge in [0.25, 0.3) is 0 Å². The Labute approximate surface area is 101 Å². The first-order chi connectivity index (χ1) is 8.25. The van der Waals surface area contributed by atoms with E-state index in [9.17, 15) is 0 Å². The van der Waals surface area contributed by atoms with E-state index in [1.807, 2.05) is 42.9 Å². The standard InChI is InChI=1S/C12H16N4O/c1-15(2)6-7-17-12-5-3-4-11(8-12)16-9-13-14-10-16/h3-5,8-10H,6-7H2,1-2H3. The summed E-state index contributed by atoms with van der Waals surface area (Å²) < 4.78 is 7.51. The number of benzene rings is 1. The molecule has 5 heteroatoms. The molecule has 1 heterocycles. The quantitative estimate of drug-likeness (QED) is 0.777. The van der Waals surface area contributed by atoms with Crippen molar-refractivity contribution in [2.24, 2.45) is 0 Å². The Kier molecular flexibility index (Phi) is 3.72. The van der Waals surface area contributed by atoms with Crippen LogP contribution >= 0.6 is 0 Å². The highest BCUT2D eigenvalue weighted by Crippen LogP contribution is 2.16. The van der Waals surface area contributed by atoms with Crippen molar-refractivity contribution in [3.63, 3.8) is 0 Å². The minimum Gasteiger partial charge on any atom is -0.492 e. The molecule has 1 aromatic carbocycles. The lowest BCUT2D eigenvalue weighted by Crippen LogP contribution is -2.19. The Bertz CT molecular complexity index is 453. The molecule has 90 valence electrons. The van der Waals surface area contributed by atoms with E-state index < -0.39 is 0 Å². The lowest BCUT2D eigenvalue weighted by Gasteiger charge is -2.11. The number of hydrogen-bond donors (Lipinski definition) is 0. The number of likely N-dealkylation sites (N-methyl/N-ethyl adjacent to an activating group) is 1. The van der Waals surface area contributed by atoms with Gasteiger partial charge in [-0.05, 0) is 26.2 Å². The Hall–Kier alpha value is -1.88. The largest absolute Gasteiger partial charge is 0.492 e. The van der Waals surface area contributed by atoms with Crippen LogP contribution in [0.15, 0.2) is 36.9 Å². The van der Waals surface area contributed by atoms with Crippen molar-refractivity contribution in [3.05, 3.63) is 36.9 Å². The van der Waals surface area contributed by atoms with Crippen molar-refractivity contribution in [3.8, 4) is 11.4 Å². The van der Waals surface area contributed by atoms with Gasteiger partial charge in [0.05, 0.1) is 5.69 Å². The van der Waals surface area contributed by atoms with Crippen molar-refractivity contribution < 1.29 is 4.74 Å². The summed E-state index contributed by atoms with van der Waals surface area (Å²) in [6.45, 7) is 1.58. The van der Waals surface area contributed by atoms with E-state index in [4.69, 9.17) is 4.74 Å². The van der Waals surface area contributed by atoms with Gasteiger partial charge < -0.3 is 9.64 Å². The molecule has 1 aromatic heterocycles. The summed E-state index contributed by atoms with van der Waals surface area (Å²) in [5.41, 5.74) is 0.998. The number of ether oxygens (including phenoxy) is 1. The normalized spacial score (nSPS) is 10.8. The van der Waals surface area contributed by atoms with Gasteiger partial charge in [-0.2, -0.15) is 0 Å². The third-order valence-electron chi connectivity index (χ3n) is 2.34. The molecular weight excluding hydrogens is 216 g/mol. The Balaban J connectivity index is 2.02. The molecule has 0 atom stereocenters.